The number of amides is 2. The third-order valence-electron chi connectivity index (χ3n) is 6.18. The molecule has 2 atom stereocenters. The minimum absolute atomic E-state index is 0.0421. The van der Waals surface area contributed by atoms with Gasteiger partial charge in [0.2, 0.25) is 21.8 Å². The van der Waals surface area contributed by atoms with Gasteiger partial charge in [-0.1, -0.05) is 43.7 Å². The van der Waals surface area contributed by atoms with Gasteiger partial charge in [0.25, 0.3) is 5.69 Å². The Balaban J connectivity index is 2.55. The van der Waals surface area contributed by atoms with Crippen molar-refractivity contribution < 1.29 is 27.7 Å². The molecule has 38 heavy (non-hydrogen) atoms. The number of carbonyl (C=O) groups is 2. The number of nitro groups is 1. The first-order valence-corrected chi connectivity index (χ1v) is 14.1. The summed E-state index contributed by atoms with van der Waals surface area (Å²) >= 11 is 0. The maximum absolute atomic E-state index is 13.8. The average molecular weight is 549 g/mol. The van der Waals surface area contributed by atoms with Crippen molar-refractivity contribution in [1.29, 1.82) is 0 Å². The number of sulfonamides is 1. The molecule has 2 amide bonds. The van der Waals surface area contributed by atoms with E-state index < -0.39 is 33.4 Å². The van der Waals surface area contributed by atoms with Gasteiger partial charge in [0, 0.05) is 24.7 Å². The summed E-state index contributed by atoms with van der Waals surface area (Å²) in [7, 11) is -2.80. The van der Waals surface area contributed by atoms with Crippen molar-refractivity contribution in [3.05, 3.63) is 63.7 Å². The zero-order valence-corrected chi connectivity index (χ0v) is 23.4. The standard InChI is InChI=1S/C26H36N4O7S/c1-7-19(4)27-26(32)22(8-2)28(16-20-11-9-18(3)10-12-20)25(31)17-29(38(6,35)36)23-15-21(30(33)34)13-14-24(23)37-5/h9-15,19,22H,7-8,16-17H2,1-6H3,(H,27,32)/t19-,22-/m0/s1. The molecule has 0 heterocycles. The van der Waals surface area contributed by atoms with E-state index in [-0.39, 0.29) is 35.6 Å². The lowest BCUT2D eigenvalue weighted by Gasteiger charge is -2.33. The number of nitro benzene ring substituents is 1. The quantitative estimate of drug-likeness (QED) is 0.299. The molecule has 1 N–H and O–H groups in total. The first kappa shape index (κ1) is 30.6. The Labute approximate surface area is 224 Å². The van der Waals surface area contributed by atoms with Gasteiger partial charge >= 0.3 is 0 Å². The molecule has 0 radical (unpaired) electrons. The number of benzene rings is 2. The second kappa shape index (κ2) is 13.2. The van der Waals surface area contributed by atoms with Crippen LogP contribution in [0, 0.1) is 17.0 Å². The molecule has 0 aliphatic rings. The Hall–Kier alpha value is -3.67. The highest BCUT2D eigenvalue weighted by molar-refractivity contribution is 7.92. The van der Waals surface area contributed by atoms with E-state index >= 15 is 0 Å². The molecule has 11 nitrogen and oxygen atoms in total. The Morgan fingerprint density at radius 3 is 2.24 bits per heavy atom. The molecular weight excluding hydrogens is 512 g/mol. The second-order valence-electron chi connectivity index (χ2n) is 9.13. The zero-order valence-electron chi connectivity index (χ0n) is 22.6. The molecule has 0 aliphatic heterocycles. The molecular formula is C26H36N4O7S. The van der Waals surface area contributed by atoms with Gasteiger partial charge in [-0.05, 0) is 38.3 Å². The van der Waals surface area contributed by atoms with Crippen LogP contribution in [0.15, 0.2) is 42.5 Å². The summed E-state index contributed by atoms with van der Waals surface area (Å²) < 4.78 is 31.7. The van der Waals surface area contributed by atoms with Gasteiger partial charge in [0.05, 0.1) is 18.3 Å². The lowest BCUT2D eigenvalue weighted by Crippen LogP contribution is -2.53. The van der Waals surface area contributed by atoms with Gasteiger partial charge in [0.15, 0.2) is 0 Å². The first-order valence-electron chi connectivity index (χ1n) is 12.3. The van der Waals surface area contributed by atoms with Crippen LogP contribution >= 0.6 is 0 Å². The minimum atomic E-state index is -4.09. The van der Waals surface area contributed by atoms with Crippen LogP contribution in [0.4, 0.5) is 11.4 Å². The van der Waals surface area contributed by atoms with E-state index in [2.05, 4.69) is 5.32 Å². The lowest BCUT2D eigenvalue weighted by molar-refractivity contribution is -0.384. The number of rotatable bonds is 13. The van der Waals surface area contributed by atoms with E-state index in [0.29, 0.717) is 12.8 Å². The number of nitrogens with zero attached hydrogens (tertiary/aromatic N) is 3. The number of nitrogens with one attached hydrogen (secondary N) is 1. The minimum Gasteiger partial charge on any atom is -0.495 e. The number of hydrogen-bond donors (Lipinski definition) is 1. The maximum atomic E-state index is 13.8. The van der Waals surface area contributed by atoms with E-state index in [4.69, 9.17) is 4.74 Å². The van der Waals surface area contributed by atoms with E-state index in [9.17, 15) is 28.1 Å². The highest BCUT2D eigenvalue weighted by Gasteiger charge is 2.33. The van der Waals surface area contributed by atoms with Crippen LogP contribution in [0.25, 0.3) is 0 Å². The van der Waals surface area contributed by atoms with Crippen LogP contribution in [-0.2, 0) is 26.2 Å². The van der Waals surface area contributed by atoms with Gasteiger partial charge < -0.3 is 15.0 Å². The highest BCUT2D eigenvalue weighted by Crippen LogP contribution is 2.34. The number of anilines is 1. The van der Waals surface area contributed by atoms with Crippen LogP contribution < -0.4 is 14.4 Å². The number of non-ortho nitro benzene ring substituents is 1. The summed E-state index contributed by atoms with van der Waals surface area (Å²) in [4.78, 5) is 39.0. The fourth-order valence-electron chi connectivity index (χ4n) is 3.83. The predicted octanol–water partition coefficient (Wildman–Crippen LogP) is 3.40. The summed E-state index contributed by atoms with van der Waals surface area (Å²) in [5.41, 5.74) is 1.27. The highest BCUT2D eigenvalue weighted by atomic mass is 32.2. The van der Waals surface area contributed by atoms with Crippen molar-refractivity contribution in [1.82, 2.24) is 10.2 Å². The van der Waals surface area contributed by atoms with Gasteiger partial charge in [-0.25, -0.2) is 8.42 Å². The Morgan fingerprint density at radius 2 is 1.74 bits per heavy atom. The number of methoxy groups -OCH3 is 1. The molecule has 0 spiro atoms. The Kier molecular flexibility index (Phi) is 10.6. The molecule has 208 valence electrons. The average Bonchev–Trinajstić information content (AvgIpc) is 2.86. The molecule has 2 aromatic carbocycles. The smallest absolute Gasteiger partial charge is 0.271 e. The van der Waals surface area contributed by atoms with Crippen LogP contribution in [0.5, 0.6) is 5.75 Å². The molecule has 0 aliphatic carbocycles. The third kappa shape index (κ3) is 7.91. The Bertz CT molecular complexity index is 1250. The molecule has 0 unspecified atom stereocenters. The number of carbonyl (C=O) groups excluding carboxylic acids is 2. The van der Waals surface area contributed by atoms with E-state index in [1.54, 1.807) is 6.92 Å². The van der Waals surface area contributed by atoms with Crippen molar-refractivity contribution in [2.24, 2.45) is 0 Å². The summed E-state index contributed by atoms with van der Waals surface area (Å²) in [6, 6.07) is 9.96. The fourth-order valence-corrected chi connectivity index (χ4v) is 4.68. The molecule has 12 heteroatoms. The van der Waals surface area contributed by atoms with Crippen molar-refractivity contribution in [2.75, 3.05) is 24.2 Å². The van der Waals surface area contributed by atoms with Crippen LogP contribution in [-0.4, -0.2) is 62.0 Å². The van der Waals surface area contributed by atoms with E-state index in [1.807, 2.05) is 45.0 Å². The van der Waals surface area contributed by atoms with Gasteiger partial charge in [0.1, 0.15) is 24.0 Å². The predicted molar refractivity (Wildman–Crippen MR) is 146 cm³/mol. The van der Waals surface area contributed by atoms with Crippen molar-refractivity contribution >= 4 is 33.2 Å². The van der Waals surface area contributed by atoms with Crippen LogP contribution in [0.1, 0.15) is 44.7 Å². The molecule has 0 aromatic heterocycles. The van der Waals surface area contributed by atoms with Gasteiger partial charge in [-0.3, -0.25) is 24.0 Å². The largest absolute Gasteiger partial charge is 0.495 e. The lowest BCUT2D eigenvalue weighted by atomic mass is 10.1. The summed E-state index contributed by atoms with van der Waals surface area (Å²) in [5, 5.41) is 14.3. The third-order valence-corrected chi connectivity index (χ3v) is 7.31. The number of aryl methyl sites for hydroxylation is 1. The number of hydrogen-bond acceptors (Lipinski definition) is 7. The summed E-state index contributed by atoms with van der Waals surface area (Å²) in [6.45, 7) is 6.87. The summed E-state index contributed by atoms with van der Waals surface area (Å²) in [5.74, 6) is -0.947. The van der Waals surface area contributed by atoms with E-state index in [0.717, 1.165) is 27.8 Å². The van der Waals surface area contributed by atoms with E-state index in [1.165, 1.54) is 24.1 Å². The SMILES string of the molecule is CC[C@H](C)NC(=O)[C@H](CC)N(Cc1ccc(C)cc1)C(=O)CN(c1cc([N+](=O)[O-])ccc1OC)S(C)(=O)=O. The summed E-state index contributed by atoms with van der Waals surface area (Å²) in [6.07, 6.45) is 1.89. The fraction of sp³-hybridized carbons (Fsp3) is 0.462. The molecule has 2 aromatic rings. The maximum Gasteiger partial charge on any atom is 0.271 e. The molecule has 0 bridgehead atoms. The van der Waals surface area contributed by atoms with Crippen LogP contribution in [0.3, 0.4) is 0 Å². The normalized spacial score (nSPS) is 12.8. The molecule has 0 saturated carbocycles. The van der Waals surface area contributed by atoms with Gasteiger partial charge in [-0.15, -0.1) is 0 Å². The topological polar surface area (TPSA) is 139 Å². The molecule has 0 saturated heterocycles. The van der Waals surface area contributed by atoms with Crippen molar-refractivity contribution in [3.63, 3.8) is 0 Å². The van der Waals surface area contributed by atoms with Crippen molar-refractivity contribution in [2.45, 2.75) is 59.2 Å². The Morgan fingerprint density at radius 1 is 1.11 bits per heavy atom. The monoisotopic (exact) mass is 548 g/mol. The second-order valence-corrected chi connectivity index (χ2v) is 11.0. The molecule has 2 rings (SSSR count). The number of ether oxygens (including phenoxy) is 1. The zero-order chi connectivity index (χ0) is 28.6. The van der Waals surface area contributed by atoms with Crippen LogP contribution in [0.2, 0.25) is 0 Å². The first-order chi connectivity index (χ1) is 17.8. The molecule has 0 fully saturated rings. The van der Waals surface area contributed by atoms with Crippen molar-refractivity contribution in [3.8, 4) is 5.75 Å². The van der Waals surface area contributed by atoms with Gasteiger partial charge in [-0.2, -0.15) is 0 Å².